The van der Waals surface area contributed by atoms with Gasteiger partial charge >= 0.3 is 11.9 Å². The van der Waals surface area contributed by atoms with Crippen LogP contribution < -0.4 is 10.1 Å². The molecule has 0 bridgehead atoms. The summed E-state index contributed by atoms with van der Waals surface area (Å²) in [5.41, 5.74) is -2.21. The first-order valence-electron chi connectivity index (χ1n) is 8.61. The topological polar surface area (TPSA) is 134 Å². The van der Waals surface area contributed by atoms with E-state index in [0.29, 0.717) is 5.75 Å². The molecule has 1 unspecified atom stereocenters. The summed E-state index contributed by atoms with van der Waals surface area (Å²) in [5, 5.41) is 13.7. The number of benzene rings is 1. The second-order valence-corrected chi connectivity index (χ2v) is 5.77. The number of hydrogen-bond acceptors (Lipinski definition) is 8. The fraction of sp³-hybridized carbons (Fsp3) is 0.500. The summed E-state index contributed by atoms with van der Waals surface area (Å²) in [6.07, 6.45) is 0. The summed E-state index contributed by atoms with van der Waals surface area (Å²) in [5.74, 6) is -4.08. The number of rotatable bonds is 10. The fourth-order valence-corrected chi connectivity index (χ4v) is 2.82. The van der Waals surface area contributed by atoms with Gasteiger partial charge in [-0.25, -0.2) is 9.59 Å². The lowest BCUT2D eigenvalue weighted by Gasteiger charge is -2.35. The van der Waals surface area contributed by atoms with Gasteiger partial charge in [0.15, 0.2) is 0 Å². The lowest BCUT2D eigenvalue weighted by molar-refractivity contribution is -0.484. The molecule has 1 aromatic rings. The minimum atomic E-state index is -2.43. The zero-order valence-corrected chi connectivity index (χ0v) is 16.2. The van der Waals surface area contributed by atoms with Crippen molar-refractivity contribution >= 4 is 17.8 Å². The highest BCUT2D eigenvalue weighted by Gasteiger charge is 2.58. The Balaban J connectivity index is 3.75. The monoisotopic (exact) mass is 396 g/mol. The second-order valence-electron chi connectivity index (χ2n) is 5.77. The van der Waals surface area contributed by atoms with Crippen molar-refractivity contribution in [1.82, 2.24) is 5.32 Å². The first-order valence-corrected chi connectivity index (χ1v) is 8.61. The van der Waals surface area contributed by atoms with Crippen LogP contribution in [0.2, 0.25) is 0 Å². The van der Waals surface area contributed by atoms with Gasteiger partial charge in [0.1, 0.15) is 5.75 Å². The maximum absolute atomic E-state index is 12.9. The Morgan fingerprint density at radius 2 is 1.75 bits per heavy atom. The quantitative estimate of drug-likeness (QED) is 0.268. The molecule has 0 aliphatic rings. The van der Waals surface area contributed by atoms with E-state index in [1.165, 1.54) is 33.1 Å². The average Bonchev–Trinajstić information content (AvgIpc) is 2.64. The van der Waals surface area contributed by atoms with Crippen molar-refractivity contribution in [2.24, 2.45) is 0 Å². The highest BCUT2D eigenvalue weighted by molar-refractivity contribution is 6.09. The van der Waals surface area contributed by atoms with Crippen molar-refractivity contribution in [1.29, 1.82) is 0 Å². The zero-order chi connectivity index (χ0) is 21.3. The van der Waals surface area contributed by atoms with Gasteiger partial charge in [0.05, 0.1) is 26.2 Å². The molecule has 0 heterocycles. The number of hydrogen-bond donors (Lipinski definition) is 1. The maximum Gasteiger partial charge on any atom is 0.344 e. The van der Waals surface area contributed by atoms with E-state index < -0.39 is 40.8 Å². The minimum Gasteiger partial charge on any atom is -0.497 e. The largest absolute Gasteiger partial charge is 0.497 e. The lowest BCUT2D eigenvalue weighted by atomic mass is 9.78. The van der Waals surface area contributed by atoms with Crippen LogP contribution in [0.4, 0.5) is 0 Å². The minimum absolute atomic E-state index is 0.108. The number of ether oxygens (including phenoxy) is 3. The van der Waals surface area contributed by atoms with Crippen LogP contribution in [-0.4, -0.2) is 55.2 Å². The Kier molecular flexibility index (Phi) is 8.36. The summed E-state index contributed by atoms with van der Waals surface area (Å²) in [6, 6.07) is 6.09. The molecule has 0 fully saturated rings. The van der Waals surface area contributed by atoms with Gasteiger partial charge < -0.3 is 19.5 Å². The first kappa shape index (κ1) is 22.9. The average molecular weight is 396 g/mol. The molecule has 1 N–H and O–H groups in total. The van der Waals surface area contributed by atoms with E-state index >= 15 is 0 Å². The van der Waals surface area contributed by atoms with E-state index in [1.807, 2.05) is 0 Å². The summed E-state index contributed by atoms with van der Waals surface area (Å²) in [6.45, 7) is 3.05. The maximum atomic E-state index is 12.9. The molecule has 0 saturated heterocycles. The zero-order valence-electron chi connectivity index (χ0n) is 16.2. The van der Waals surface area contributed by atoms with Crippen LogP contribution in [0.25, 0.3) is 0 Å². The van der Waals surface area contributed by atoms with Crippen LogP contribution in [0.5, 0.6) is 5.75 Å². The summed E-state index contributed by atoms with van der Waals surface area (Å²) >= 11 is 0. The van der Waals surface area contributed by atoms with Crippen molar-refractivity contribution in [2.45, 2.75) is 32.2 Å². The number of carbonyl (C=O) groups is 3. The number of nitro groups is 1. The molecule has 1 atom stereocenters. The molecule has 10 heteroatoms. The van der Waals surface area contributed by atoms with Gasteiger partial charge in [0.2, 0.25) is 18.0 Å². The molecule has 10 nitrogen and oxygen atoms in total. The van der Waals surface area contributed by atoms with Crippen LogP contribution >= 0.6 is 0 Å². The second kappa shape index (κ2) is 10.2. The molecule has 154 valence electrons. The van der Waals surface area contributed by atoms with E-state index in [2.05, 4.69) is 5.32 Å². The standard InChI is InChI=1S/C18H24N2O8/c1-5-27-16(22)18(19-12(3)21,17(23)28-6-2)15(11-20(24)25)13-8-7-9-14(10-13)26-4/h7-10,15H,5-6,11H2,1-4H3,(H,19,21). The number of esters is 2. The normalized spacial score (nSPS) is 11.9. The molecule has 0 aliphatic carbocycles. The van der Waals surface area contributed by atoms with E-state index in [4.69, 9.17) is 14.2 Å². The van der Waals surface area contributed by atoms with Crippen LogP contribution in [0.15, 0.2) is 24.3 Å². The van der Waals surface area contributed by atoms with Crippen molar-refractivity contribution in [2.75, 3.05) is 26.9 Å². The third-order valence-electron chi connectivity index (χ3n) is 3.92. The molecule has 0 spiro atoms. The third-order valence-corrected chi connectivity index (χ3v) is 3.92. The molecule has 1 rings (SSSR count). The predicted molar refractivity (Wildman–Crippen MR) is 97.4 cm³/mol. The highest BCUT2D eigenvalue weighted by atomic mass is 16.6. The van der Waals surface area contributed by atoms with Gasteiger partial charge in [0, 0.05) is 11.8 Å². The van der Waals surface area contributed by atoms with Crippen molar-refractivity contribution in [3.8, 4) is 5.75 Å². The van der Waals surface area contributed by atoms with Crippen molar-refractivity contribution in [3.05, 3.63) is 39.9 Å². The van der Waals surface area contributed by atoms with Crippen LogP contribution in [-0.2, 0) is 23.9 Å². The molecule has 0 aromatic heterocycles. The Morgan fingerprint density at radius 1 is 1.18 bits per heavy atom. The predicted octanol–water partition coefficient (Wildman–Crippen LogP) is 1.06. The highest BCUT2D eigenvalue weighted by Crippen LogP contribution is 2.33. The van der Waals surface area contributed by atoms with E-state index in [9.17, 15) is 24.5 Å². The summed E-state index contributed by atoms with van der Waals surface area (Å²) < 4.78 is 15.1. The molecule has 0 radical (unpaired) electrons. The van der Waals surface area contributed by atoms with E-state index in [1.54, 1.807) is 12.1 Å². The third kappa shape index (κ3) is 5.18. The van der Waals surface area contributed by atoms with Gasteiger partial charge in [-0.05, 0) is 31.5 Å². The van der Waals surface area contributed by atoms with Gasteiger partial charge in [-0.1, -0.05) is 12.1 Å². The van der Waals surface area contributed by atoms with E-state index in [-0.39, 0.29) is 18.8 Å². The molecule has 1 aromatic carbocycles. The Hall–Kier alpha value is -3.17. The van der Waals surface area contributed by atoms with Crippen molar-refractivity contribution in [3.63, 3.8) is 0 Å². The molecule has 1 amide bonds. The van der Waals surface area contributed by atoms with E-state index in [0.717, 1.165) is 6.92 Å². The molecular formula is C18H24N2O8. The van der Waals surface area contributed by atoms with Gasteiger partial charge in [-0.15, -0.1) is 0 Å². The Morgan fingerprint density at radius 3 is 2.18 bits per heavy atom. The van der Waals surface area contributed by atoms with Crippen LogP contribution in [0.1, 0.15) is 32.3 Å². The smallest absolute Gasteiger partial charge is 0.344 e. The number of methoxy groups -OCH3 is 1. The molecule has 0 saturated carbocycles. The number of carbonyl (C=O) groups excluding carboxylic acids is 3. The van der Waals surface area contributed by atoms with Crippen LogP contribution in [0, 0.1) is 10.1 Å². The molecule has 0 aliphatic heterocycles. The molecule has 28 heavy (non-hydrogen) atoms. The van der Waals surface area contributed by atoms with Gasteiger partial charge in [-0.3, -0.25) is 14.9 Å². The Labute approximate surface area is 162 Å². The fourth-order valence-electron chi connectivity index (χ4n) is 2.82. The number of amides is 1. The van der Waals surface area contributed by atoms with Gasteiger partial charge in [-0.2, -0.15) is 0 Å². The Bertz CT molecular complexity index is 716. The summed E-state index contributed by atoms with van der Waals surface area (Å²) in [7, 11) is 1.40. The van der Waals surface area contributed by atoms with Gasteiger partial charge in [0.25, 0.3) is 0 Å². The SMILES string of the molecule is CCOC(=O)C(NC(C)=O)(C(=O)OCC)C(C[N+](=O)[O-])c1cccc(OC)c1. The first-order chi connectivity index (χ1) is 13.2. The number of nitrogens with one attached hydrogen (secondary N) is 1. The number of nitrogens with zero attached hydrogens (tertiary/aromatic N) is 1. The lowest BCUT2D eigenvalue weighted by Crippen LogP contribution is -2.65. The summed E-state index contributed by atoms with van der Waals surface area (Å²) in [4.78, 5) is 48.4. The van der Waals surface area contributed by atoms with Crippen molar-refractivity contribution < 1.29 is 33.5 Å². The van der Waals surface area contributed by atoms with Crippen LogP contribution in [0.3, 0.4) is 0 Å². The molecular weight excluding hydrogens is 372 g/mol.